The van der Waals surface area contributed by atoms with Gasteiger partial charge in [-0.1, -0.05) is 26.8 Å². The molecule has 0 saturated heterocycles. The highest BCUT2D eigenvalue weighted by molar-refractivity contribution is 7.21. The molecular formula is C19H25NS2. The summed E-state index contributed by atoms with van der Waals surface area (Å²) in [5.41, 5.74) is 0.590. The molecule has 5 rings (SSSR count). The smallest absolute Gasteiger partial charge is 0.0445 e. The van der Waals surface area contributed by atoms with E-state index in [1.54, 1.807) is 0 Å². The first-order valence-corrected chi connectivity index (χ1v) is 10.1. The zero-order chi connectivity index (χ0) is 15.3. The number of thiophene rings is 2. The summed E-state index contributed by atoms with van der Waals surface area (Å²) in [5.74, 6) is 2.68. The quantitative estimate of drug-likeness (QED) is 0.765. The molecule has 3 aliphatic carbocycles. The minimum absolute atomic E-state index is 0.590. The van der Waals surface area contributed by atoms with Crippen molar-refractivity contribution >= 4 is 22.7 Å². The fraction of sp³-hybridized carbons (Fsp3) is 0.579. The van der Waals surface area contributed by atoms with Crippen molar-refractivity contribution in [3.8, 4) is 9.75 Å². The average molecular weight is 332 g/mol. The Bertz CT molecular complexity index is 640. The molecule has 0 spiro atoms. The third-order valence-corrected chi connectivity index (χ3v) is 8.47. The summed E-state index contributed by atoms with van der Waals surface area (Å²) in [5, 5.41) is 6.02. The Labute approximate surface area is 141 Å². The molecule has 1 N–H and O–H groups in total. The molecule has 0 aliphatic heterocycles. The summed E-state index contributed by atoms with van der Waals surface area (Å²) in [4.78, 5) is 4.27. The lowest BCUT2D eigenvalue weighted by Gasteiger charge is -2.62. The zero-order valence-electron chi connectivity index (χ0n) is 13.6. The first-order chi connectivity index (χ1) is 10.6. The summed E-state index contributed by atoms with van der Waals surface area (Å²) in [7, 11) is 0. The standard InChI is InChI=1S/C19H25NS2/c1-12-15-9-13(19(15,2)3)10-16(12)20-11-14-6-7-18(22-14)17-5-4-8-21-17/h4-8,12-13,15-16,20H,9-11H2,1-3H3. The number of nitrogens with one attached hydrogen (secondary N) is 1. The van der Waals surface area contributed by atoms with Crippen LogP contribution in [-0.4, -0.2) is 6.04 Å². The number of fused-ring (bicyclic) bond motifs is 2. The highest BCUT2D eigenvalue weighted by atomic mass is 32.1. The van der Waals surface area contributed by atoms with Crippen molar-refractivity contribution in [1.82, 2.24) is 5.32 Å². The van der Waals surface area contributed by atoms with Crippen LogP contribution in [0.2, 0.25) is 0 Å². The van der Waals surface area contributed by atoms with Gasteiger partial charge in [0, 0.05) is 27.2 Å². The summed E-state index contributed by atoms with van der Waals surface area (Å²) in [6, 6.07) is 9.63. The Kier molecular flexibility index (Phi) is 3.71. The summed E-state index contributed by atoms with van der Waals surface area (Å²) in [6.07, 6.45) is 2.84. The van der Waals surface area contributed by atoms with Gasteiger partial charge in [0.15, 0.2) is 0 Å². The van der Waals surface area contributed by atoms with Gasteiger partial charge in [0.2, 0.25) is 0 Å². The number of hydrogen-bond donors (Lipinski definition) is 1. The average Bonchev–Trinajstić information content (AvgIpc) is 3.16. The third kappa shape index (κ3) is 2.38. The predicted octanol–water partition coefficient (Wildman–Crippen LogP) is 5.64. The van der Waals surface area contributed by atoms with E-state index < -0.39 is 0 Å². The Hall–Kier alpha value is -0.640. The van der Waals surface area contributed by atoms with Gasteiger partial charge in [0.25, 0.3) is 0 Å². The normalized spacial score (nSPS) is 32.7. The number of rotatable bonds is 4. The van der Waals surface area contributed by atoms with E-state index in [0.29, 0.717) is 11.5 Å². The molecule has 3 aliphatic rings. The van der Waals surface area contributed by atoms with Gasteiger partial charge >= 0.3 is 0 Å². The second-order valence-electron chi connectivity index (χ2n) is 7.69. The molecule has 3 heteroatoms. The molecule has 0 radical (unpaired) electrons. The van der Waals surface area contributed by atoms with E-state index >= 15 is 0 Å². The minimum atomic E-state index is 0.590. The van der Waals surface area contributed by atoms with E-state index in [9.17, 15) is 0 Å². The van der Waals surface area contributed by atoms with Crippen LogP contribution in [0.25, 0.3) is 9.75 Å². The van der Waals surface area contributed by atoms with Crippen molar-refractivity contribution in [3.63, 3.8) is 0 Å². The third-order valence-electron chi connectivity index (χ3n) is 6.32. The molecule has 2 heterocycles. The van der Waals surface area contributed by atoms with Crippen LogP contribution in [0.5, 0.6) is 0 Å². The van der Waals surface area contributed by atoms with Crippen molar-refractivity contribution in [2.45, 2.75) is 46.2 Å². The van der Waals surface area contributed by atoms with Gasteiger partial charge in [-0.05, 0) is 59.6 Å². The van der Waals surface area contributed by atoms with Crippen molar-refractivity contribution in [2.75, 3.05) is 0 Å². The Morgan fingerprint density at radius 3 is 2.73 bits per heavy atom. The highest BCUT2D eigenvalue weighted by Gasteiger charge is 2.55. The van der Waals surface area contributed by atoms with Gasteiger partial charge in [-0.25, -0.2) is 0 Å². The minimum Gasteiger partial charge on any atom is -0.309 e. The van der Waals surface area contributed by atoms with Crippen LogP contribution in [0.1, 0.15) is 38.5 Å². The summed E-state index contributed by atoms with van der Waals surface area (Å²) >= 11 is 3.77. The van der Waals surface area contributed by atoms with Crippen LogP contribution in [0, 0.1) is 23.2 Å². The van der Waals surface area contributed by atoms with Crippen molar-refractivity contribution in [1.29, 1.82) is 0 Å². The molecule has 0 aromatic carbocycles. The van der Waals surface area contributed by atoms with Crippen LogP contribution in [0.3, 0.4) is 0 Å². The van der Waals surface area contributed by atoms with Gasteiger partial charge in [-0.15, -0.1) is 22.7 Å². The lowest BCUT2D eigenvalue weighted by atomic mass is 9.45. The van der Waals surface area contributed by atoms with Crippen LogP contribution >= 0.6 is 22.7 Å². The van der Waals surface area contributed by atoms with Gasteiger partial charge < -0.3 is 5.32 Å². The fourth-order valence-corrected chi connectivity index (χ4v) is 6.47. The highest BCUT2D eigenvalue weighted by Crippen LogP contribution is 2.61. The monoisotopic (exact) mass is 331 g/mol. The van der Waals surface area contributed by atoms with Crippen LogP contribution in [0.15, 0.2) is 29.6 Å². The van der Waals surface area contributed by atoms with E-state index in [1.807, 2.05) is 22.7 Å². The molecule has 2 aromatic rings. The van der Waals surface area contributed by atoms with E-state index in [4.69, 9.17) is 0 Å². The fourth-order valence-electron chi connectivity index (χ4n) is 4.68. The lowest BCUT2D eigenvalue weighted by molar-refractivity contribution is -0.115. The molecule has 3 saturated carbocycles. The van der Waals surface area contributed by atoms with E-state index in [0.717, 1.165) is 24.3 Å². The van der Waals surface area contributed by atoms with E-state index in [2.05, 4.69) is 55.7 Å². The second kappa shape index (κ2) is 5.47. The summed E-state index contributed by atoms with van der Waals surface area (Å²) in [6.45, 7) is 8.45. The molecule has 0 amide bonds. The molecule has 22 heavy (non-hydrogen) atoms. The topological polar surface area (TPSA) is 12.0 Å². The second-order valence-corrected chi connectivity index (χ2v) is 9.80. The molecule has 4 atom stereocenters. The van der Waals surface area contributed by atoms with E-state index in [1.165, 1.54) is 27.5 Å². The summed E-state index contributed by atoms with van der Waals surface area (Å²) < 4.78 is 0. The molecule has 118 valence electrons. The molecule has 2 bridgehead atoms. The maximum Gasteiger partial charge on any atom is 0.0445 e. The van der Waals surface area contributed by atoms with Crippen LogP contribution in [0.4, 0.5) is 0 Å². The van der Waals surface area contributed by atoms with Crippen molar-refractivity contribution in [3.05, 3.63) is 34.5 Å². The van der Waals surface area contributed by atoms with Crippen molar-refractivity contribution < 1.29 is 0 Å². The first kappa shape index (κ1) is 14.9. The first-order valence-electron chi connectivity index (χ1n) is 8.41. The Morgan fingerprint density at radius 2 is 2.05 bits per heavy atom. The maximum atomic E-state index is 3.86. The maximum absolute atomic E-state index is 3.86. The molecular weight excluding hydrogens is 306 g/mol. The van der Waals surface area contributed by atoms with Gasteiger partial charge in [0.1, 0.15) is 0 Å². The predicted molar refractivity (Wildman–Crippen MR) is 97.4 cm³/mol. The Morgan fingerprint density at radius 1 is 1.18 bits per heavy atom. The largest absolute Gasteiger partial charge is 0.309 e. The number of hydrogen-bond acceptors (Lipinski definition) is 3. The van der Waals surface area contributed by atoms with Crippen molar-refractivity contribution in [2.24, 2.45) is 23.2 Å². The lowest BCUT2D eigenvalue weighted by Crippen LogP contribution is -2.59. The molecule has 4 unspecified atom stereocenters. The van der Waals surface area contributed by atoms with Gasteiger partial charge in [-0.3, -0.25) is 0 Å². The SMILES string of the molecule is CC1C(NCc2ccc(-c3cccs3)s2)CC2CC1C2(C)C. The molecule has 3 fully saturated rings. The Balaban J connectivity index is 1.38. The van der Waals surface area contributed by atoms with Gasteiger partial charge in [-0.2, -0.15) is 0 Å². The van der Waals surface area contributed by atoms with Crippen LogP contribution < -0.4 is 5.32 Å². The van der Waals surface area contributed by atoms with Gasteiger partial charge in [0.05, 0.1) is 0 Å². The van der Waals surface area contributed by atoms with E-state index in [-0.39, 0.29) is 0 Å². The zero-order valence-corrected chi connectivity index (χ0v) is 15.3. The molecule has 2 aromatic heterocycles. The molecule has 1 nitrogen and oxygen atoms in total. The van der Waals surface area contributed by atoms with Crippen LogP contribution in [-0.2, 0) is 6.54 Å².